The molecule has 1 aromatic carbocycles. The number of nitrogens with one attached hydrogen (secondary N) is 1. The maximum atomic E-state index is 11.6. The van der Waals surface area contributed by atoms with Crippen LogP contribution in [0.5, 0.6) is 0 Å². The summed E-state index contributed by atoms with van der Waals surface area (Å²) in [5.41, 5.74) is 0.338. The number of halogens is 1. The predicted octanol–water partition coefficient (Wildman–Crippen LogP) is 1.85. The number of hydrogen-bond donors (Lipinski definition) is 1. The molecule has 0 saturated heterocycles. The number of alkyl halides is 1. The van der Waals surface area contributed by atoms with Crippen LogP contribution in [-0.4, -0.2) is 34.2 Å². The van der Waals surface area contributed by atoms with Crippen LogP contribution in [0, 0.1) is 0 Å². The molecule has 0 fully saturated rings. The molecular weight excluding hydrogens is 310 g/mol. The molecule has 0 atom stereocenters. The standard InChI is InChI=1S/C11H16ClNO4S2/c1-2-18(14,15)11-6-4-10(5-7-11)13-19(16,17)9-3-8-12/h4-7,13H,2-3,8-9H2,1H3. The van der Waals surface area contributed by atoms with Gasteiger partial charge in [0.1, 0.15) is 0 Å². The van der Waals surface area contributed by atoms with Crippen molar-refractivity contribution in [2.45, 2.75) is 18.2 Å². The highest BCUT2D eigenvalue weighted by Crippen LogP contribution is 2.16. The number of sulfonamides is 1. The maximum absolute atomic E-state index is 11.6. The topological polar surface area (TPSA) is 80.3 Å². The second-order valence-corrected chi connectivity index (χ2v) is 8.39. The van der Waals surface area contributed by atoms with E-state index in [0.29, 0.717) is 12.1 Å². The Balaban J connectivity index is 2.84. The Labute approximate surface area is 118 Å². The zero-order valence-electron chi connectivity index (χ0n) is 10.5. The van der Waals surface area contributed by atoms with Gasteiger partial charge in [-0.05, 0) is 30.7 Å². The fourth-order valence-electron chi connectivity index (χ4n) is 1.37. The maximum Gasteiger partial charge on any atom is 0.232 e. The lowest BCUT2D eigenvalue weighted by atomic mass is 10.3. The molecule has 8 heteroatoms. The van der Waals surface area contributed by atoms with Gasteiger partial charge in [0.05, 0.1) is 16.4 Å². The van der Waals surface area contributed by atoms with E-state index in [1.807, 2.05) is 0 Å². The first-order valence-corrected chi connectivity index (χ1v) is 9.54. The molecule has 0 unspecified atom stereocenters. The van der Waals surface area contributed by atoms with E-state index >= 15 is 0 Å². The SMILES string of the molecule is CCS(=O)(=O)c1ccc(NS(=O)(=O)CCCCl)cc1. The van der Waals surface area contributed by atoms with Gasteiger partial charge in [0, 0.05) is 11.6 Å². The molecular formula is C11H16ClNO4S2. The summed E-state index contributed by atoms with van der Waals surface area (Å²) in [6, 6.07) is 5.64. The summed E-state index contributed by atoms with van der Waals surface area (Å²) in [4.78, 5) is 0.179. The van der Waals surface area contributed by atoms with E-state index < -0.39 is 19.9 Å². The van der Waals surface area contributed by atoms with Crippen LogP contribution in [0.1, 0.15) is 13.3 Å². The van der Waals surface area contributed by atoms with E-state index in [1.54, 1.807) is 6.92 Å². The molecule has 0 radical (unpaired) electrons. The molecule has 5 nitrogen and oxygen atoms in total. The third kappa shape index (κ3) is 5.00. The van der Waals surface area contributed by atoms with E-state index in [0.717, 1.165) is 0 Å². The van der Waals surface area contributed by atoms with E-state index in [-0.39, 0.29) is 22.3 Å². The van der Waals surface area contributed by atoms with Gasteiger partial charge in [0.25, 0.3) is 0 Å². The van der Waals surface area contributed by atoms with Gasteiger partial charge >= 0.3 is 0 Å². The van der Waals surface area contributed by atoms with Crippen molar-refractivity contribution in [3.63, 3.8) is 0 Å². The minimum Gasteiger partial charge on any atom is -0.284 e. The molecule has 0 bridgehead atoms. The summed E-state index contributed by atoms with van der Waals surface area (Å²) < 4.78 is 48.8. The zero-order chi connectivity index (χ0) is 14.5. The fraction of sp³-hybridized carbons (Fsp3) is 0.455. The van der Waals surface area contributed by atoms with Gasteiger partial charge < -0.3 is 0 Å². The molecule has 108 valence electrons. The van der Waals surface area contributed by atoms with E-state index in [1.165, 1.54) is 24.3 Å². The highest BCUT2D eigenvalue weighted by molar-refractivity contribution is 7.92. The van der Waals surface area contributed by atoms with Crippen molar-refractivity contribution in [3.8, 4) is 0 Å². The second kappa shape index (κ2) is 6.58. The fourth-order valence-corrected chi connectivity index (χ4v) is 3.67. The van der Waals surface area contributed by atoms with E-state index in [2.05, 4.69) is 4.72 Å². The normalized spacial score (nSPS) is 12.3. The predicted molar refractivity (Wildman–Crippen MR) is 76.9 cm³/mol. The Kier molecular flexibility index (Phi) is 5.64. The Morgan fingerprint density at radius 3 is 2.16 bits per heavy atom. The molecule has 1 N–H and O–H groups in total. The first-order chi connectivity index (χ1) is 8.80. The lowest BCUT2D eigenvalue weighted by molar-refractivity contribution is 0.597. The van der Waals surface area contributed by atoms with Crippen molar-refractivity contribution in [2.24, 2.45) is 0 Å². The summed E-state index contributed by atoms with van der Waals surface area (Å²) in [7, 11) is -6.70. The molecule has 1 rings (SSSR count). The van der Waals surface area contributed by atoms with Crippen molar-refractivity contribution in [1.82, 2.24) is 0 Å². The summed E-state index contributed by atoms with van der Waals surface area (Å²) in [5.74, 6) is 0.216. The van der Waals surface area contributed by atoms with Gasteiger partial charge in [-0.3, -0.25) is 4.72 Å². The van der Waals surface area contributed by atoms with E-state index in [4.69, 9.17) is 11.6 Å². The Morgan fingerprint density at radius 2 is 1.68 bits per heavy atom. The van der Waals surface area contributed by atoms with Gasteiger partial charge in [-0.1, -0.05) is 6.92 Å². The second-order valence-electron chi connectivity index (χ2n) is 3.89. The van der Waals surface area contributed by atoms with Gasteiger partial charge in [-0.2, -0.15) is 0 Å². The smallest absolute Gasteiger partial charge is 0.232 e. The Morgan fingerprint density at radius 1 is 1.11 bits per heavy atom. The first-order valence-electron chi connectivity index (χ1n) is 5.70. The van der Waals surface area contributed by atoms with Gasteiger partial charge in [0.2, 0.25) is 10.0 Å². The van der Waals surface area contributed by atoms with Crippen LogP contribution in [0.2, 0.25) is 0 Å². The van der Waals surface area contributed by atoms with Crippen LogP contribution in [0.25, 0.3) is 0 Å². The zero-order valence-corrected chi connectivity index (χ0v) is 12.9. The lowest BCUT2D eigenvalue weighted by Crippen LogP contribution is -2.17. The van der Waals surface area contributed by atoms with Crippen molar-refractivity contribution < 1.29 is 16.8 Å². The number of benzene rings is 1. The highest BCUT2D eigenvalue weighted by atomic mass is 35.5. The third-order valence-electron chi connectivity index (χ3n) is 2.41. The molecule has 0 saturated carbocycles. The molecule has 19 heavy (non-hydrogen) atoms. The average Bonchev–Trinajstić information content (AvgIpc) is 2.36. The monoisotopic (exact) mass is 325 g/mol. The highest BCUT2D eigenvalue weighted by Gasteiger charge is 2.13. The summed E-state index contributed by atoms with van der Waals surface area (Å²) in [6.07, 6.45) is 0.360. The quantitative estimate of drug-likeness (QED) is 0.776. The van der Waals surface area contributed by atoms with E-state index in [9.17, 15) is 16.8 Å². The third-order valence-corrected chi connectivity index (χ3v) is 5.80. The number of rotatable bonds is 7. The van der Waals surface area contributed by atoms with Gasteiger partial charge in [0.15, 0.2) is 9.84 Å². The number of anilines is 1. The van der Waals surface area contributed by atoms with Crippen LogP contribution in [0.3, 0.4) is 0 Å². The van der Waals surface area contributed by atoms with Crippen molar-refractivity contribution in [2.75, 3.05) is 22.1 Å². The summed E-state index contributed by atoms with van der Waals surface area (Å²) in [5, 5.41) is 0. The minimum absolute atomic E-state index is 0.00773. The molecule has 0 spiro atoms. The lowest BCUT2D eigenvalue weighted by Gasteiger charge is -2.08. The molecule has 0 amide bonds. The van der Waals surface area contributed by atoms with Crippen LogP contribution in [0.4, 0.5) is 5.69 Å². The van der Waals surface area contributed by atoms with Crippen LogP contribution in [-0.2, 0) is 19.9 Å². The van der Waals surface area contributed by atoms with Crippen molar-refractivity contribution >= 4 is 37.1 Å². The Hall–Kier alpha value is -0.790. The van der Waals surface area contributed by atoms with Crippen molar-refractivity contribution in [1.29, 1.82) is 0 Å². The van der Waals surface area contributed by atoms with Crippen LogP contribution < -0.4 is 4.72 Å². The summed E-state index contributed by atoms with van der Waals surface area (Å²) >= 11 is 5.44. The largest absolute Gasteiger partial charge is 0.284 e. The summed E-state index contributed by atoms with van der Waals surface area (Å²) in [6.45, 7) is 1.55. The number of sulfone groups is 1. The molecule has 0 aliphatic carbocycles. The first kappa shape index (κ1) is 16.3. The number of hydrogen-bond acceptors (Lipinski definition) is 4. The molecule has 0 heterocycles. The van der Waals surface area contributed by atoms with Crippen LogP contribution in [0.15, 0.2) is 29.2 Å². The Bertz CT molecular complexity index is 609. The van der Waals surface area contributed by atoms with Crippen LogP contribution >= 0.6 is 11.6 Å². The minimum atomic E-state index is -3.43. The van der Waals surface area contributed by atoms with Gasteiger partial charge in [-0.25, -0.2) is 16.8 Å². The molecule has 0 aromatic heterocycles. The van der Waals surface area contributed by atoms with Gasteiger partial charge in [-0.15, -0.1) is 11.6 Å². The van der Waals surface area contributed by atoms with Crippen molar-refractivity contribution in [3.05, 3.63) is 24.3 Å². The molecule has 1 aromatic rings. The average molecular weight is 326 g/mol. The molecule has 0 aliphatic heterocycles. The molecule has 0 aliphatic rings.